The number of nitrogens with zero attached hydrogens (tertiary/aromatic N) is 2. The largest absolute Gasteiger partial charge is 0.467 e. The molecule has 1 heterocycles. The molecule has 0 saturated heterocycles. The Morgan fingerprint density at radius 3 is 2.59 bits per heavy atom. The van der Waals surface area contributed by atoms with Gasteiger partial charge in [0.05, 0.1) is 12.8 Å². The average Bonchev–Trinajstić information content (AvgIpc) is 2.98. The molecule has 2 aromatic rings. The Labute approximate surface area is 131 Å². The van der Waals surface area contributed by atoms with E-state index < -0.39 is 0 Å². The SMILES string of the molecule is CCC(=O)N(Cc1ccco1)Cc1cc(N)ccc1N(C)C. The third-order valence-corrected chi connectivity index (χ3v) is 3.53. The first kappa shape index (κ1) is 15.9. The van der Waals surface area contributed by atoms with Gasteiger partial charge in [-0.25, -0.2) is 0 Å². The summed E-state index contributed by atoms with van der Waals surface area (Å²) in [6.45, 7) is 2.83. The summed E-state index contributed by atoms with van der Waals surface area (Å²) in [5.41, 5.74) is 8.69. The number of benzene rings is 1. The van der Waals surface area contributed by atoms with Gasteiger partial charge < -0.3 is 20.0 Å². The molecule has 0 bridgehead atoms. The van der Waals surface area contributed by atoms with Crippen LogP contribution < -0.4 is 10.6 Å². The van der Waals surface area contributed by atoms with Gasteiger partial charge in [0.2, 0.25) is 5.91 Å². The zero-order valence-electron chi connectivity index (χ0n) is 13.4. The fourth-order valence-corrected chi connectivity index (χ4v) is 2.42. The summed E-state index contributed by atoms with van der Waals surface area (Å²) in [6, 6.07) is 9.48. The van der Waals surface area contributed by atoms with Crippen LogP contribution in [-0.4, -0.2) is 24.9 Å². The van der Waals surface area contributed by atoms with Crippen molar-refractivity contribution in [3.05, 3.63) is 47.9 Å². The molecule has 0 spiro atoms. The Bertz CT molecular complexity index is 621. The van der Waals surface area contributed by atoms with E-state index in [2.05, 4.69) is 0 Å². The lowest BCUT2D eigenvalue weighted by Crippen LogP contribution is -2.30. The van der Waals surface area contributed by atoms with E-state index in [9.17, 15) is 4.79 Å². The second-order valence-corrected chi connectivity index (χ2v) is 5.47. The smallest absolute Gasteiger partial charge is 0.222 e. The van der Waals surface area contributed by atoms with E-state index in [-0.39, 0.29) is 5.91 Å². The van der Waals surface area contributed by atoms with Crippen molar-refractivity contribution in [3.63, 3.8) is 0 Å². The summed E-state index contributed by atoms with van der Waals surface area (Å²) in [6.07, 6.45) is 2.08. The molecule has 0 aliphatic heterocycles. The highest BCUT2D eigenvalue weighted by Gasteiger charge is 2.16. The van der Waals surface area contributed by atoms with Crippen LogP contribution in [0.25, 0.3) is 0 Å². The molecule has 2 N–H and O–H groups in total. The first-order chi connectivity index (χ1) is 10.5. The summed E-state index contributed by atoms with van der Waals surface area (Å²) >= 11 is 0. The van der Waals surface area contributed by atoms with Gasteiger partial charge in [0.1, 0.15) is 5.76 Å². The predicted octanol–water partition coefficient (Wildman–Crippen LogP) is 2.87. The third kappa shape index (κ3) is 3.81. The maximum absolute atomic E-state index is 12.2. The molecular formula is C17H23N3O2. The van der Waals surface area contributed by atoms with Crippen molar-refractivity contribution < 1.29 is 9.21 Å². The molecule has 118 valence electrons. The summed E-state index contributed by atoms with van der Waals surface area (Å²) in [4.78, 5) is 16.1. The summed E-state index contributed by atoms with van der Waals surface area (Å²) in [5, 5.41) is 0. The van der Waals surface area contributed by atoms with Gasteiger partial charge >= 0.3 is 0 Å². The molecule has 2 rings (SSSR count). The fraction of sp³-hybridized carbons (Fsp3) is 0.353. The number of nitrogens with two attached hydrogens (primary N) is 1. The van der Waals surface area contributed by atoms with Gasteiger partial charge in [-0.3, -0.25) is 4.79 Å². The first-order valence-electron chi connectivity index (χ1n) is 7.37. The van der Waals surface area contributed by atoms with Crippen LogP contribution in [0.3, 0.4) is 0 Å². The van der Waals surface area contributed by atoms with Gasteiger partial charge in [-0.1, -0.05) is 6.92 Å². The molecule has 0 fully saturated rings. The van der Waals surface area contributed by atoms with Gasteiger partial charge in [-0.15, -0.1) is 0 Å². The minimum absolute atomic E-state index is 0.0866. The molecule has 0 saturated carbocycles. The lowest BCUT2D eigenvalue weighted by Gasteiger charge is -2.25. The molecule has 5 heteroatoms. The normalized spacial score (nSPS) is 10.5. The summed E-state index contributed by atoms with van der Waals surface area (Å²) < 4.78 is 5.37. The third-order valence-electron chi connectivity index (χ3n) is 3.53. The summed E-state index contributed by atoms with van der Waals surface area (Å²) in [7, 11) is 3.96. The maximum atomic E-state index is 12.2. The van der Waals surface area contributed by atoms with Crippen molar-refractivity contribution >= 4 is 17.3 Å². The predicted molar refractivity (Wildman–Crippen MR) is 88.4 cm³/mol. The zero-order valence-corrected chi connectivity index (χ0v) is 13.4. The van der Waals surface area contributed by atoms with Crippen molar-refractivity contribution in [1.82, 2.24) is 4.90 Å². The van der Waals surface area contributed by atoms with Gasteiger partial charge in [-0.05, 0) is 35.9 Å². The van der Waals surface area contributed by atoms with Crippen molar-refractivity contribution in [2.45, 2.75) is 26.4 Å². The molecule has 1 aromatic carbocycles. The van der Waals surface area contributed by atoms with Gasteiger partial charge in [0.25, 0.3) is 0 Å². The van der Waals surface area contributed by atoms with Crippen molar-refractivity contribution in [3.8, 4) is 0 Å². The highest BCUT2D eigenvalue weighted by Crippen LogP contribution is 2.24. The zero-order chi connectivity index (χ0) is 16.1. The second kappa shape index (κ2) is 7.02. The molecule has 0 aliphatic rings. The number of rotatable bonds is 6. The van der Waals surface area contributed by atoms with E-state index in [0.717, 1.165) is 17.0 Å². The minimum atomic E-state index is 0.0866. The lowest BCUT2D eigenvalue weighted by atomic mass is 10.1. The molecule has 0 atom stereocenters. The monoisotopic (exact) mass is 301 g/mol. The number of carbonyl (C=O) groups is 1. The number of hydrogen-bond donors (Lipinski definition) is 1. The van der Waals surface area contributed by atoms with Crippen LogP contribution >= 0.6 is 0 Å². The number of carbonyl (C=O) groups excluding carboxylic acids is 1. The lowest BCUT2D eigenvalue weighted by molar-refractivity contribution is -0.132. The van der Waals surface area contributed by atoms with Crippen LogP contribution in [0, 0.1) is 0 Å². The molecule has 1 aromatic heterocycles. The molecule has 1 amide bonds. The molecule has 0 radical (unpaired) electrons. The van der Waals surface area contributed by atoms with Crippen LogP contribution in [0.5, 0.6) is 0 Å². The van der Waals surface area contributed by atoms with E-state index in [1.54, 1.807) is 11.2 Å². The fourth-order valence-electron chi connectivity index (χ4n) is 2.42. The van der Waals surface area contributed by atoms with E-state index in [1.165, 1.54) is 0 Å². The quantitative estimate of drug-likeness (QED) is 0.833. The maximum Gasteiger partial charge on any atom is 0.222 e. The van der Waals surface area contributed by atoms with Crippen LogP contribution in [0.15, 0.2) is 41.0 Å². The Balaban J connectivity index is 2.26. The number of amides is 1. The first-order valence-corrected chi connectivity index (χ1v) is 7.37. The average molecular weight is 301 g/mol. The van der Waals surface area contributed by atoms with E-state index >= 15 is 0 Å². The van der Waals surface area contributed by atoms with Crippen LogP contribution in [-0.2, 0) is 17.9 Å². The van der Waals surface area contributed by atoms with E-state index in [1.807, 2.05) is 56.3 Å². The van der Waals surface area contributed by atoms with E-state index in [4.69, 9.17) is 10.2 Å². The van der Waals surface area contributed by atoms with Crippen LogP contribution in [0.1, 0.15) is 24.7 Å². The van der Waals surface area contributed by atoms with Gasteiger partial charge in [0.15, 0.2) is 0 Å². The Morgan fingerprint density at radius 2 is 2.00 bits per heavy atom. The molecule has 22 heavy (non-hydrogen) atoms. The molecule has 5 nitrogen and oxygen atoms in total. The van der Waals surface area contributed by atoms with Crippen molar-refractivity contribution in [2.24, 2.45) is 0 Å². The van der Waals surface area contributed by atoms with Crippen LogP contribution in [0.4, 0.5) is 11.4 Å². The standard InChI is InChI=1S/C17H23N3O2/c1-4-17(21)20(12-15-6-5-9-22-15)11-13-10-14(18)7-8-16(13)19(2)3/h5-10H,4,11-12,18H2,1-3H3. The highest BCUT2D eigenvalue weighted by atomic mass is 16.3. The molecular weight excluding hydrogens is 278 g/mol. The van der Waals surface area contributed by atoms with Crippen molar-refractivity contribution in [2.75, 3.05) is 24.7 Å². The van der Waals surface area contributed by atoms with Gasteiger partial charge in [0, 0.05) is 38.4 Å². The molecule has 0 unspecified atom stereocenters. The number of anilines is 2. The summed E-state index contributed by atoms with van der Waals surface area (Å²) in [5.74, 6) is 0.862. The Kier molecular flexibility index (Phi) is 5.09. The van der Waals surface area contributed by atoms with Gasteiger partial charge in [-0.2, -0.15) is 0 Å². The Hall–Kier alpha value is -2.43. The highest BCUT2D eigenvalue weighted by molar-refractivity contribution is 5.76. The number of nitrogen functional groups attached to an aromatic ring is 1. The molecule has 0 aliphatic carbocycles. The Morgan fingerprint density at radius 1 is 1.23 bits per heavy atom. The van der Waals surface area contributed by atoms with Crippen molar-refractivity contribution in [1.29, 1.82) is 0 Å². The topological polar surface area (TPSA) is 62.7 Å². The number of hydrogen-bond acceptors (Lipinski definition) is 4. The number of furan rings is 1. The minimum Gasteiger partial charge on any atom is -0.467 e. The second-order valence-electron chi connectivity index (χ2n) is 5.47. The van der Waals surface area contributed by atoms with Crippen LogP contribution in [0.2, 0.25) is 0 Å². The van der Waals surface area contributed by atoms with E-state index in [0.29, 0.717) is 25.2 Å².